The Bertz CT molecular complexity index is 1150. The van der Waals surface area contributed by atoms with Crippen LogP contribution in [0.3, 0.4) is 0 Å². The van der Waals surface area contributed by atoms with E-state index in [0.717, 1.165) is 112 Å². The molecule has 3 nitrogen and oxygen atoms in total. The fourth-order valence-electron chi connectivity index (χ4n) is 7.52. The number of pyridine rings is 1. The summed E-state index contributed by atoms with van der Waals surface area (Å²) >= 11 is 0. The molecule has 1 spiro atoms. The number of ketones is 1. The molecule has 192 valence electrons. The Hall–Kier alpha value is -2.21. The van der Waals surface area contributed by atoms with Crippen LogP contribution in [0.4, 0.5) is 13.2 Å². The van der Waals surface area contributed by atoms with E-state index in [1.54, 1.807) is 0 Å². The minimum Gasteiger partial charge on any atom is -0.388 e. The third kappa shape index (κ3) is 4.09. The highest BCUT2D eigenvalue weighted by molar-refractivity contribution is 6.11. The summed E-state index contributed by atoms with van der Waals surface area (Å²) in [4.78, 5) is 19.3. The summed E-state index contributed by atoms with van der Waals surface area (Å²) < 4.78 is 39.6. The molecule has 1 aromatic heterocycles. The highest BCUT2D eigenvalue weighted by Crippen LogP contribution is 2.56. The Labute approximate surface area is 210 Å². The molecule has 1 heterocycles. The first-order valence-electron chi connectivity index (χ1n) is 13.7. The van der Waals surface area contributed by atoms with Gasteiger partial charge in [-0.3, -0.25) is 9.78 Å². The maximum atomic E-state index is 14.1. The fourth-order valence-corrected chi connectivity index (χ4v) is 7.52. The van der Waals surface area contributed by atoms with E-state index in [2.05, 4.69) is 0 Å². The van der Waals surface area contributed by atoms with Crippen molar-refractivity contribution in [3.63, 3.8) is 0 Å². The van der Waals surface area contributed by atoms with Gasteiger partial charge >= 0.3 is 6.18 Å². The van der Waals surface area contributed by atoms with Crippen LogP contribution < -0.4 is 0 Å². The van der Waals surface area contributed by atoms with Crippen molar-refractivity contribution in [2.45, 2.75) is 108 Å². The molecule has 3 saturated carbocycles. The van der Waals surface area contributed by atoms with Crippen LogP contribution >= 0.6 is 0 Å². The SMILES string of the molecule is O=C(c1ccc(C(F)(F)F)cc1)c1c(C2CCCC2)nc2c(c1C1CCCC1)[C@@H](O)CC1(CCC1)C2. The summed E-state index contributed by atoms with van der Waals surface area (Å²) in [6, 6.07) is 4.61. The van der Waals surface area contributed by atoms with Gasteiger partial charge in [-0.2, -0.15) is 13.2 Å². The van der Waals surface area contributed by atoms with E-state index < -0.39 is 17.8 Å². The maximum absolute atomic E-state index is 14.1. The van der Waals surface area contributed by atoms with Gasteiger partial charge in [-0.25, -0.2) is 0 Å². The number of rotatable bonds is 4. The van der Waals surface area contributed by atoms with Crippen molar-refractivity contribution < 1.29 is 23.1 Å². The summed E-state index contributed by atoms with van der Waals surface area (Å²) in [6.45, 7) is 0. The topological polar surface area (TPSA) is 50.2 Å². The Morgan fingerprint density at radius 2 is 1.50 bits per heavy atom. The van der Waals surface area contributed by atoms with E-state index in [-0.39, 0.29) is 28.6 Å². The van der Waals surface area contributed by atoms with Crippen molar-refractivity contribution in [2.24, 2.45) is 5.41 Å². The quantitative estimate of drug-likeness (QED) is 0.439. The lowest BCUT2D eigenvalue weighted by atomic mass is 9.59. The van der Waals surface area contributed by atoms with Crippen LogP contribution in [-0.2, 0) is 12.6 Å². The van der Waals surface area contributed by atoms with Crippen LogP contribution in [0.2, 0.25) is 0 Å². The van der Waals surface area contributed by atoms with Crippen molar-refractivity contribution in [1.82, 2.24) is 4.98 Å². The van der Waals surface area contributed by atoms with E-state index in [0.29, 0.717) is 5.56 Å². The first-order valence-corrected chi connectivity index (χ1v) is 13.7. The number of carbonyl (C=O) groups is 1. The Kier molecular flexibility index (Phi) is 6.01. The molecule has 6 rings (SSSR count). The van der Waals surface area contributed by atoms with Crippen LogP contribution in [0.25, 0.3) is 0 Å². The van der Waals surface area contributed by atoms with Crippen LogP contribution in [0.15, 0.2) is 24.3 Å². The first kappa shape index (κ1) is 24.1. The lowest BCUT2D eigenvalue weighted by Crippen LogP contribution is -2.39. The molecule has 0 bridgehead atoms. The third-order valence-electron chi connectivity index (χ3n) is 9.50. The molecule has 0 radical (unpaired) electrons. The number of hydrogen-bond donors (Lipinski definition) is 1. The van der Waals surface area contributed by atoms with Crippen LogP contribution in [-0.4, -0.2) is 15.9 Å². The molecule has 6 heteroatoms. The van der Waals surface area contributed by atoms with Crippen molar-refractivity contribution in [2.75, 3.05) is 0 Å². The minimum absolute atomic E-state index is 0.137. The summed E-state index contributed by atoms with van der Waals surface area (Å²) in [6.07, 6.45) is 8.25. The largest absolute Gasteiger partial charge is 0.416 e. The van der Waals surface area contributed by atoms with Crippen LogP contribution in [0.1, 0.15) is 139 Å². The van der Waals surface area contributed by atoms with Gasteiger partial charge in [0.05, 0.1) is 17.4 Å². The van der Waals surface area contributed by atoms with Crippen molar-refractivity contribution >= 4 is 5.78 Å². The van der Waals surface area contributed by atoms with Gasteiger partial charge in [0.1, 0.15) is 0 Å². The molecule has 0 unspecified atom stereocenters. The van der Waals surface area contributed by atoms with Crippen LogP contribution in [0, 0.1) is 5.41 Å². The number of nitrogens with zero attached hydrogens (tertiary/aromatic N) is 1. The number of fused-ring (bicyclic) bond motifs is 1. The summed E-state index contributed by atoms with van der Waals surface area (Å²) in [5.41, 5.74) is 3.93. The number of aliphatic hydroxyl groups is 1. The summed E-state index contributed by atoms with van der Waals surface area (Å²) in [5, 5.41) is 11.5. The average molecular weight is 498 g/mol. The number of aromatic nitrogens is 1. The van der Waals surface area contributed by atoms with Gasteiger partial charge in [0.15, 0.2) is 5.78 Å². The standard InChI is InChI=1S/C30H34F3NO2/c31-30(32,33)21-12-10-20(11-13-21)28(36)26-24(18-6-1-2-7-18)25-22(34-27(26)19-8-3-4-9-19)16-29(14-5-15-29)17-23(25)35/h10-13,18-19,23,35H,1-9,14-17H2/t23-/m0/s1. The summed E-state index contributed by atoms with van der Waals surface area (Å²) in [5.74, 6) is 0.152. The third-order valence-corrected chi connectivity index (χ3v) is 9.50. The predicted octanol–water partition coefficient (Wildman–Crippen LogP) is 7.80. The maximum Gasteiger partial charge on any atom is 0.416 e. The average Bonchev–Trinajstić information content (AvgIpc) is 3.55. The van der Waals surface area contributed by atoms with Gasteiger partial charge in [0.25, 0.3) is 0 Å². The number of benzene rings is 1. The number of halogens is 3. The molecule has 1 atom stereocenters. The molecule has 4 aliphatic rings. The van der Waals surface area contributed by atoms with E-state index >= 15 is 0 Å². The van der Waals surface area contributed by atoms with E-state index in [1.807, 2.05) is 0 Å². The van der Waals surface area contributed by atoms with Gasteiger partial charge in [0, 0.05) is 28.3 Å². The van der Waals surface area contributed by atoms with Gasteiger partial charge in [-0.15, -0.1) is 0 Å². The van der Waals surface area contributed by atoms with Crippen LogP contribution in [0.5, 0.6) is 0 Å². The van der Waals surface area contributed by atoms with Crippen molar-refractivity contribution in [3.8, 4) is 0 Å². The van der Waals surface area contributed by atoms with Crippen molar-refractivity contribution in [3.05, 3.63) is 63.5 Å². The zero-order valence-corrected chi connectivity index (χ0v) is 20.7. The van der Waals surface area contributed by atoms with E-state index in [1.165, 1.54) is 18.6 Å². The zero-order valence-electron chi connectivity index (χ0n) is 20.7. The Morgan fingerprint density at radius 1 is 0.889 bits per heavy atom. The Morgan fingerprint density at radius 3 is 2.06 bits per heavy atom. The van der Waals surface area contributed by atoms with Gasteiger partial charge in [-0.1, -0.05) is 44.2 Å². The molecular weight excluding hydrogens is 463 g/mol. The highest BCUT2D eigenvalue weighted by Gasteiger charge is 2.46. The molecule has 4 aliphatic carbocycles. The number of aliphatic hydroxyl groups excluding tert-OH is 1. The minimum atomic E-state index is -4.44. The predicted molar refractivity (Wildman–Crippen MR) is 131 cm³/mol. The van der Waals surface area contributed by atoms with Gasteiger partial charge < -0.3 is 5.11 Å². The van der Waals surface area contributed by atoms with Crippen molar-refractivity contribution in [1.29, 1.82) is 0 Å². The molecular formula is C30H34F3NO2. The number of alkyl halides is 3. The number of carbonyl (C=O) groups excluding carboxylic acids is 1. The molecule has 0 aliphatic heterocycles. The lowest BCUT2D eigenvalue weighted by molar-refractivity contribution is -0.137. The van der Waals surface area contributed by atoms with Gasteiger partial charge in [0.2, 0.25) is 0 Å². The molecule has 0 saturated heterocycles. The molecule has 1 N–H and O–H groups in total. The highest BCUT2D eigenvalue weighted by atomic mass is 19.4. The van der Waals surface area contributed by atoms with Gasteiger partial charge in [-0.05, 0) is 80.4 Å². The zero-order chi connectivity index (χ0) is 25.1. The first-order chi connectivity index (χ1) is 17.3. The second-order valence-corrected chi connectivity index (χ2v) is 11.8. The normalized spacial score (nSPS) is 24.2. The lowest BCUT2D eigenvalue weighted by Gasteiger charge is -2.47. The smallest absolute Gasteiger partial charge is 0.388 e. The number of hydrogen-bond acceptors (Lipinski definition) is 3. The second kappa shape index (κ2) is 8.97. The van der Waals surface area contributed by atoms with E-state index in [4.69, 9.17) is 4.98 Å². The fraction of sp³-hybridized carbons (Fsp3) is 0.600. The monoisotopic (exact) mass is 497 g/mol. The summed E-state index contributed by atoms with van der Waals surface area (Å²) in [7, 11) is 0. The molecule has 3 fully saturated rings. The Balaban J connectivity index is 1.53. The molecule has 0 amide bonds. The molecule has 36 heavy (non-hydrogen) atoms. The molecule has 1 aromatic carbocycles. The molecule has 2 aromatic rings. The second-order valence-electron chi connectivity index (χ2n) is 11.8. The van der Waals surface area contributed by atoms with E-state index in [9.17, 15) is 23.1 Å².